The van der Waals surface area contributed by atoms with E-state index in [-0.39, 0.29) is 0 Å². The number of nitrogens with zero attached hydrogens (tertiary/aromatic N) is 1. The predicted octanol–water partition coefficient (Wildman–Crippen LogP) is 1.64. The molecule has 72 valence electrons. The Hall–Kier alpha value is -0.480. The molecule has 1 saturated carbocycles. The lowest BCUT2D eigenvalue weighted by Gasteiger charge is -2.16. The van der Waals surface area contributed by atoms with E-state index in [0.717, 1.165) is 5.16 Å². The lowest BCUT2D eigenvalue weighted by Crippen LogP contribution is -2.30. The summed E-state index contributed by atoms with van der Waals surface area (Å²) in [6.07, 6.45) is 7.63. The standard InChI is InChI=1S/C9H15N3S/c1-10-7-3-2-4-8(7)13-9-11-5-6-12-9/h5-8,10H,2-4H2,1H3,(H,11,12). The van der Waals surface area contributed by atoms with Gasteiger partial charge in [-0.3, -0.25) is 0 Å². The molecule has 0 aliphatic heterocycles. The van der Waals surface area contributed by atoms with Crippen LogP contribution in [-0.2, 0) is 0 Å². The Kier molecular flexibility index (Phi) is 2.90. The summed E-state index contributed by atoms with van der Waals surface area (Å²) in [5, 5.41) is 5.10. The Labute approximate surface area is 82.7 Å². The van der Waals surface area contributed by atoms with Gasteiger partial charge in [-0.1, -0.05) is 18.2 Å². The van der Waals surface area contributed by atoms with Crippen LogP contribution in [0.25, 0.3) is 0 Å². The number of thioether (sulfide) groups is 1. The molecule has 0 aromatic carbocycles. The lowest BCUT2D eigenvalue weighted by atomic mass is 10.2. The van der Waals surface area contributed by atoms with Crippen molar-refractivity contribution in [1.29, 1.82) is 0 Å². The van der Waals surface area contributed by atoms with Gasteiger partial charge < -0.3 is 10.3 Å². The Morgan fingerprint density at radius 1 is 1.62 bits per heavy atom. The van der Waals surface area contributed by atoms with E-state index in [9.17, 15) is 0 Å². The second-order valence-electron chi connectivity index (χ2n) is 3.38. The minimum atomic E-state index is 0.662. The summed E-state index contributed by atoms with van der Waals surface area (Å²) in [6, 6.07) is 0.662. The van der Waals surface area contributed by atoms with Crippen LogP contribution in [0.2, 0.25) is 0 Å². The van der Waals surface area contributed by atoms with Crippen molar-refractivity contribution in [2.45, 2.75) is 35.7 Å². The fourth-order valence-electron chi connectivity index (χ4n) is 1.86. The Morgan fingerprint density at radius 2 is 2.54 bits per heavy atom. The molecule has 1 heterocycles. The molecule has 1 aliphatic carbocycles. The molecular weight excluding hydrogens is 182 g/mol. The van der Waals surface area contributed by atoms with Gasteiger partial charge in [0, 0.05) is 23.7 Å². The van der Waals surface area contributed by atoms with Crippen LogP contribution in [0.5, 0.6) is 0 Å². The van der Waals surface area contributed by atoms with Gasteiger partial charge in [0.2, 0.25) is 0 Å². The van der Waals surface area contributed by atoms with E-state index in [1.54, 1.807) is 0 Å². The third-order valence-corrected chi connectivity index (χ3v) is 3.87. The predicted molar refractivity (Wildman–Crippen MR) is 54.9 cm³/mol. The summed E-state index contributed by atoms with van der Waals surface area (Å²) in [6.45, 7) is 0. The van der Waals surface area contributed by atoms with E-state index >= 15 is 0 Å². The average molecular weight is 197 g/mol. The van der Waals surface area contributed by atoms with Gasteiger partial charge in [-0.15, -0.1) is 0 Å². The number of hydrogen-bond acceptors (Lipinski definition) is 3. The Balaban J connectivity index is 1.94. The van der Waals surface area contributed by atoms with E-state index < -0.39 is 0 Å². The zero-order valence-corrected chi connectivity index (χ0v) is 8.60. The maximum Gasteiger partial charge on any atom is 0.165 e. The molecule has 2 N–H and O–H groups in total. The highest BCUT2D eigenvalue weighted by Gasteiger charge is 2.27. The summed E-state index contributed by atoms with van der Waals surface area (Å²) in [5.41, 5.74) is 0. The largest absolute Gasteiger partial charge is 0.340 e. The van der Waals surface area contributed by atoms with Crippen molar-refractivity contribution < 1.29 is 0 Å². The van der Waals surface area contributed by atoms with Gasteiger partial charge in [0.15, 0.2) is 5.16 Å². The molecule has 13 heavy (non-hydrogen) atoms. The van der Waals surface area contributed by atoms with Gasteiger partial charge in [-0.2, -0.15) is 0 Å². The topological polar surface area (TPSA) is 40.7 Å². The maximum atomic E-state index is 4.23. The van der Waals surface area contributed by atoms with E-state index in [1.807, 2.05) is 31.2 Å². The van der Waals surface area contributed by atoms with Gasteiger partial charge in [0.05, 0.1) is 0 Å². The molecule has 2 atom stereocenters. The quantitative estimate of drug-likeness (QED) is 0.774. The number of nitrogens with one attached hydrogen (secondary N) is 2. The minimum Gasteiger partial charge on any atom is -0.340 e. The molecule has 3 nitrogen and oxygen atoms in total. The van der Waals surface area contributed by atoms with Crippen molar-refractivity contribution in [2.24, 2.45) is 0 Å². The number of imidazole rings is 1. The maximum absolute atomic E-state index is 4.23. The molecule has 0 spiro atoms. The molecule has 0 amide bonds. The molecule has 1 aliphatic rings. The fraction of sp³-hybridized carbons (Fsp3) is 0.667. The van der Waals surface area contributed by atoms with E-state index in [2.05, 4.69) is 15.3 Å². The van der Waals surface area contributed by atoms with Crippen molar-refractivity contribution in [1.82, 2.24) is 15.3 Å². The van der Waals surface area contributed by atoms with Crippen LogP contribution >= 0.6 is 11.8 Å². The van der Waals surface area contributed by atoms with Crippen molar-refractivity contribution in [2.75, 3.05) is 7.05 Å². The SMILES string of the molecule is CNC1CCCC1Sc1ncc[nH]1. The lowest BCUT2D eigenvalue weighted by molar-refractivity contribution is 0.591. The van der Waals surface area contributed by atoms with Crippen LogP contribution in [0.15, 0.2) is 17.6 Å². The van der Waals surface area contributed by atoms with Crippen molar-refractivity contribution in [3.63, 3.8) is 0 Å². The number of hydrogen-bond donors (Lipinski definition) is 2. The molecular formula is C9H15N3S. The highest BCUT2D eigenvalue weighted by atomic mass is 32.2. The number of aromatic amines is 1. The average Bonchev–Trinajstić information content (AvgIpc) is 2.76. The van der Waals surface area contributed by atoms with Crippen molar-refractivity contribution in [3.05, 3.63) is 12.4 Å². The second kappa shape index (κ2) is 4.15. The molecule has 0 radical (unpaired) electrons. The van der Waals surface area contributed by atoms with E-state index in [0.29, 0.717) is 11.3 Å². The summed E-state index contributed by atoms with van der Waals surface area (Å²) < 4.78 is 0. The van der Waals surface area contributed by atoms with Gasteiger partial charge in [-0.05, 0) is 19.9 Å². The summed E-state index contributed by atoms with van der Waals surface area (Å²) in [7, 11) is 2.05. The zero-order chi connectivity index (χ0) is 9.10. The minimum absolute atomic E-state index is 0.662. The van der Waals surface area contributed by atoms with Gasteiger partial charge in [0.25, 0.3) is 0 Å². The Morgan fingerprint density at radius 3 is 3.23 bits per heavy atom. The number of aromatic nitrogens is 2. The third-order valence-electron chi connectivity index (χ3n) is 2.56. The zero-order valence-electron chi connectivity index (χ0n) is 7.79. The third kappa shape index (κ3) is 2.06. The first kappa shape index (κ1) is 9.09. The number of rotatable bonds is 3. The van der Waals surface area contributed by atoms with E-state index in [1.165, 1.54) is 19.3 Å². The summed E-state index contributed by atoms with van der Waals surface area (Å²) >= 11 is 1.86. The van der Waals surface area contributed by atoms with Gasteiger partial charge in [0.1, 0.15) is 0 Å². The monoisotopic (exact) mass is 197 g/mol. The smallest absolute Gasteiger partial charge is 0.165 e. The fourth-order valence-corrected chi connectivity index (χ4v) is 3.12. The highest BCUT2D eigenvalue weighted by Crippen LogP contribution is 2.32. The van der Waals surface area contributed by atoms with Crippen LogP contribution in [0.1, 0.15) is 19.3 Å². The van der Waals surface area contributed by atoms with Crippen LogP contribution in [0, 0.1) is 0 Å². The first-order chi connectivity index (χ1) is 6.40. The van der Waals surface area contributed by atoms with Gasteiger partial charge in [-0.25, -0.2) is 4.98 Å². The Bertz CT molecular complexity index is 247. The van der Waals surface area contributed by atoms with Crippen LogP contribution in [0.3, 0.4) is 0 Å². The molecule has 0 saturated heterocycles. The molecule has 2 unspecified atom stereocenters. The van der Waals surface area contributed by atoms with Crippen LogP contribution in [0.4, 0.5) is 0 Å². The van der Waals surface area contributed by atoms with Crippen molar-refractivity contribution in [3.8, 4) is 0 Å². The molecule has 4 heteroatoms. The van der Waals surface area contributed by atoms with Crippen molar-refractivity contribution >= 4 is 11.8 Å². The number of H-pyrrole nitrogens is 1. The van der Waals surface area contributed by atoms with Crippen LogP contribution < -0.4 is 5.32 Å². The normalized spacial score (nSPS) is 28.1. The first-order valence-electron chi connectivity index (χ1n) is 4.73. The molecule has 2 rings (SSSR count). The van der Waals surface area contributed by atoms with E-state index in [4.69, 9.17) is 0 Å². The summed E-state index contributed by atoms with van der Waals surface area (Å²) in [4.78, 5) is 7.36. The second-order valence-corrected chi connectivity index (χ2v) is 4.60. The molecule has 1 fully saturated rings. The molecule has 1 aromatic rings. The molecule has 0 bridgehead atoms. The van der Waals surface area contributed by atoms with Crippen LogP contribution in [-0.4, -0.2) is 28.3 Å². The summed E-state index contributed by atoms with van der Waals surface area (Å²) in [5.74, 6) is 0. The molecule has 1 aromatic heterocycles. The first-order valence-corrected chi connectivity index (χ1v) is 5.61. The highest BCUT2D eigenvalue weighted by molar-refractivity contribution is 7.99. The van der Waals surface area contributed by atoms with Gasteiger partial charge >= 0.3 is 0 Å².